The minimum atomic E-state index is -0.599. The maximum atomic E-state index is 12.2. The second-order valence-corrected chi connectivity index (χ2v) is 5.58. The third-order valence-electron chi connectivity index (χ3n) is 3.59. The van der Waals surface area contributed by atoms with E-state index >= 15 is 0 Å². The lowest BCUT2D eigenvalue weighted by molar-refractivity contribution is -0.129. The fraction of sp³-hybridized carbons (Fsp3) is 0.167. The molecule has 2 heterocycles. The van der Waals surface area contributed by atoms with Gasteiger partial charge in [0.15, 0.2) is 17.2 Å². The number of nitrogens with zero attached hydrogens (tertiary/aromatic N) is 2. The summed E-state index contributed by atoms with van der Waals surface area (Å²) in [5, 5.41) is 0.465. The molecular formula is C18H15ClN2O5. The van der Waals surface area contributed by atoms with Crippen LogP contribution in [0.5, 0.6) is 17.2 Å². The molecule has 1 aromatic carbocycles. The van der Waals surface area contributed by atoms with Crippen molar-refractivity contribution in [3.8, 4) is 17.2 Å². The van der Waals surface area contributed by atoms with Crippen LogP contribution in [0.1, 0.15) is 11.3 Å². The van der Waals surface area contributed by atoms with Crippen LogP contribution in [0.25, 0.3) is 6.08 Å². The molecule has 2 aromatic rings. The molecule has 1 aromatic heterocycles. The van der Waals surface area contributed by atoms with Crippen LogP contribution in [0, 0.1) is 0 Å². The minimum absolute atomic E-state index is 0.0863. The second-order valence-electron chi connectivity index (χ2n) is 5.14. The Kier molecular flexibility index (Phi) is 5.09. The van der Waals surface area contributed by atoms with Crippen molar-refractivity contribution in [1.29, 1.82) is 0 Å². The highest BCUT2D eigenvalue weighted by Crippen LogP contribution is 2.36. The number of hydrogen-bond acceptors (Lipinski definition) is 7. The van der Waals surface area contributed by atoms with E-state index in [1.165, 1.54) is 27.5 Å². The van der Waals surface area contributed by atoms with Gasteiger partial charge in [0.1, 0.15) is 11.4 Å². The summed E-state index contributed by atoms with van der Waals surface area (Å²) in [6.45, 7) is 0. The Morgan fingerprint density at radius 3 is 2.38 bits per heavy atom. The molecule has 1 aliphatic rings. The number of carbonyl (C=O) groups is 1. The first kappa shape index (κ1) is 17.8. The van der Waals surface area contributed by atoms with Gasteiger partial charge in [-0.05, 0) is 24.3 Å². The molecule has 0 amide bonds. The molecule has 134 valence electrons. The van der Waals surface area contributed by atoms with Crippen LogP contribution in [0.2, 0.25) is 5.02 Å². The van der Waals surface area contributed by atoms with Crippen molar-refractivity contribution >= 4 is 29.5 Å². The predicted molar refractivity (Wildman–Crippen MR) is 96.0 cm³/mol. The van der Waals surface area contributed by atoms with E-state index in [2.05, 4.69) is 9.98 Å². The molecule has 0 radical (unpaired) electrons. The van der Waals surface area contributed by atoms with Gasteiger partial charge in [0.05, 0.1) is 21.3 Å². The molecule has 0 N–H and O–H groups in total. The number of aromatic nitrogens is 1. The molecule has 0 bridgehead atoms. The predicted octanol–water partition coefficient (Wildman–Crippen LogP) is 3.11. The number of esters is 1. The fourth-order valence-electron chi connectivity index (χ4n) is 2.35. The smallest absolute Gasteiger partial charge is 0.363 e. The van der Waals surface area contributed by atoms with E-state index in [-0.39, 0.29) is 11.6 Å². The van der Waals surface area contributed by atoms with Crippen molar-refractivity contribution in [3.05, 3.63) is 52.4 Å². The molecule has 0 spiro atoms. The molecule has 3 rings (SSSR count). The summed E-state index contributed by atoms with van der Waals surface area (Å²) in [5.74, 6) is 0.981. The quantitative estimate of drug-likeness (QED) is 0.591. The van der Waals surface area contributed by atoms with Crippen molar-refractivity contribution in [3.63, 3.8) is 0 Å². The zero-order valence-corrected chi connectivity index (χ0v) is 15.0. The van der Waals surface area contributed by atoms with Crippen molar-refractivity contribution in [2.75, 3.05) is 21.3 Å². The molecule has 0 atom stereocenters. The number of benzene rings is 1. The van der Waals surface area contributed by atoms with E-state index in [0.717, 1.165) is 0 Å². The molecule has 0 fully saturated rings. The van der Waals surface area contributed by atoms with Crippen molar-refractivity contribution in [1.82, 2.24) is 4.98 Å². The van der Waals surface area contributed by atoms with Crippen molar-refractivity contribution in [2.45, 2.75) is 0 Å². The monoisotopic (exact) mass is 374 g/mol. The van der Waals surface area contributed by atoms with Gasteiger partial charge >= 0.3 is 5.97 Å². The standard InChI is InChI=1S/C18H15ClN2O5/c1-23-14-9-16(25-3)15(24-2)7-10(14)6-13-18(22)26-17(21-13)12-8-11(19)4-5-20-12/h4-9H,1-3H3/b13-6-. The normalized spacial score (nSPS) is 14.8. The number of pyridine rings is 1. The summed E-state index contributed by atoms with van der Waals surface area (Å²) in [7, 11) is 4.56. The molecule has 0 saturated carbocycles. The SMILES string of the molecule is COc1cc(OC)c(OC)cc1/C=C1\N=C(c2cc(Cl)ccn2)OC1=O. The van der Waals surface area contributed by atoms with E-state index in [1.54, 1.807) is 30.3 Å². The van der Waals surface area contributed by atoms with E-state index in [1.807, 2.05) is 0 Å². The maximum absolute atomic E-state index is 12.2. The van der Waals surface area contributed by atoms with Crippen LogP contribution in [0.3, 0.4) is 0 Å². The Bertz CT molecular complexity index is 924. The lowest BCUT2D eigenvalue weighted by Gasteiger charge is -2.12. The number of cyclic esters (lactones) is 1. The van der Waals surface area contributed by atoms with Crippen molar-refractivity contribution in [2.24, 2.45) is 4.99 Å². The Labute approximate surface area is 154 Å². The third kappa shape index (κ3) is 3.48. The Hall–Kier alpha value is -3.06. The van der Waals surface area contributed by atoms with Gasteiger partial charge in [-0.15, -0.1) is 0 Å². The molecule has 26 heavy (non-hydrogen) atoms. The zero-order valence-electron chi connectivity index (χ0n) is 14.3. The highest BCUT2D eigenvalue weighted by Gasteiger charge is 2.26. The number of carbonyl (C=O) groups excluding carboxylic acids is 1. The summed E-state index contributed by atoms with van der Waals surface area (Å²) in [6, 6.07) is 6.53. The number of halogens is 1. The average molecular weight is 375 g/mol. The van der Waals surface area contributed by atoms with Gasteiger partial charge in [0, 0.05) is 22.8 Å². The lowest BCUT2D eigenvalue weighted by Crippen LogP contribution is -2.07. The van der Waals surface area contributed by atoms with Crippen LogP contribution < -0.4 is 14.2 Å². The molecule has 8 heteroatoms. The second kappa shape index (κ2) is 7.45. The third-order valence-corrected chi connectivity index (χ3v) is 3.82. The Balaban J connectivity index is 2.03. The van der Waals surface area contributed by atoms with Gasteiger partial charge in [-0.1, -0.05) is 11.6 Å². The largest absolute Gasteiger partial charge is 0.496 e. The van der Waals surface area contributed by atoms with Gasteiger partial charge in [-0.2, -0.15) is 0 Å². The number of hydrogen-bond donors (Lipinski definition) is 0. The molecular weight excluding hydrogens is 360 g/mol. The van der Waals surface area contributed by atoms with E-state index < -0.39 is 5.97 Å². The van der Waals surface area contributed by atoms with E-state index in [4.69, 9.17) is 30.5 Å². The number of methoxy groups -OCH3 is 3. The van der Waals surface area contributed by atoms with E-state index in [0.29, 0.717) is 33.5 Å². The number of rotatable bonds is 5. The first-order valence-electron chi connectivity index (χ1n) is 7.50. The van der Waals surface area contributed by atoms with Crippen LogP contribution in [-0.2, 0) is 9.53 Å². The zero-order chi connectivity index (χ0) is 18.7. The van der Waals surface area contributed by atoms with Gasteiger partial charge < -0.3 is 18.9 Å². The number of aliphatic imine (C=N–C) groups is 1. The minimum Gasteiger partial charge on any atom is -0.496 e. The molecule has 0 aliphatic carbocycles. The van der Waals surface area contributed by atoms with Crippen LogP contribution >= 0.6 is 11.6 Å². The Morgan fingerprint density at radius 2 is 1.73 bits per heavy atom. The summed E-state index contributed by atoms with van der Waals surface area (Å²) in [5.41, 5.74) is 1.06. The summed E-state index contributed by atoms with van der Waals surface area (Å²) in [6.07, 6.45) is 3.05. The van der Waals surface area contributed by atoms with Crippen LogP contribution in [-0.4, -0.2) is 38.2 Å². The summed E-state index contributed by atoms with van der Waals surface area (Å²) < 4.78 is 21.1. The molecule has 0 saturated heterocycles. The first-order valence-corrected chi connectivity index (χ1v) is 7.88. The highest BCUT2D eigenvalue weighted by atomic mass is 35.5. The highest BCUT2D eigenvalue weighted by molar-refractivity contribution is 6.31. The molecule has 1 aliphatic heterocycles. The van der Waals surface area contributed by atoms with Crippen LogP contribution in [0.4, 0.5) is 0 Å². The van der Waals surface area contributed by atoms with Crippen molar-refractivity contribution < 1.29 is 23.7 Å². The Morgan fingerprint density at radius 1 is 1.04 bits per heavy atom. The van der Waals surface area contributed by atoms with Gasteiger partial charge in [-0.3, -0.25) is 4.98 Å². The average Bonchev–Trinajstić information content (AvgIpc) is 3.02. The van der Waals surface area contributed by atoms with Gasteiger partial charge in [-0.25, -0.2) is 9.79 Å². The lowest BCUT2D eigenvalue weighted by atomic mass is 10.1. The van der Waals surface area contributed by atoms with Gasteiger partial charge in [0.25, 0.3) is 0 Å². The fourth-order valence-corrected chi connectivity index (χ4v) is 2.51. The molecule has 0 unspecified atom stereocenters. The molecule has 7 nitrogen and oxygen atoms in total. The number of ether oxygens (including phenoxy) is 4. The topological polar surface area (TPSA) is 79.2 Å². The van der Waals surface area contributed by atoms with E-state index in [9.17, 15) is 4.79 Å². The summed E-state index contributed by atoms with van der Waals surface area (Å²) in [4.78, 5) is 20.5. The summed E-state index contributed by atoms with van der Waals surface area (Å²) >= 11 is 5.93. The van der Waals surface area contributed by atoms with Gasteiger partial charge in [0.2, 0.25) is 5.90 Å². The first-order chi connectivity index (χ1) is 12.5. The maximum Gasteiger partial charge on any atom is 0.363 e. The van der Waals surface area contributed by atoms with Crippen LogP contribution in [0.15, 0.2) is 41.2 Å².